The fourth-order valence-electron chi connectivity index (χ4n) is 3.18. The molecule has 0 bridgehead atoms. The van der Waals surface area contributed by atoms with Gasteiger partial charge in [0.25, 0.3) is 0 Å². The molecule has 25 heavy (non-hydrogen) atoms. The smallest absolute Gasteiger partial charge is 0.322 e. The number of carbonyl (C=O) groups is 2. The van der Waals surface area contributed by atoms with Crippen LogP contribution in [0.3, 0.4) is 0 Å². The van der Waals surface area contributed by atoms with Gasteiger partial charge >= 0.3 is 6.03 Å². The molecule has 3 amide bonds. The molecule has 130 valence electrons. The highest BCUT2D eigenvalue weighted by Crippen LogP contribution is 2.24. The Hall–Kier alpha value is -2.83. The number of nitrogens with zero attached hydrogens (tertiary/aromatic N) is 3. The summed E-state index contributed by atoms with van der Waals surface area (Å²) < 4.78 is 1.71. The lowest BCUT2D eigenvalue weighted by atomic mass is 10.2. The van der Waals surface area contributed by atoms with Gasteiger partial charge in [0.2, 0.25) is 5.91 Å². The summed E-state index contributed by atoms with van der Waals surface area (Å²) >= 11 is 0. The molecule has 1 saturated carbocycles. The predicted octanol–water partition coefficient (Wildman–Crippen LogP) is 2.15. The number of para-hydroxylation sites is 2. The van der Waals surface area contributed by atoms with Crippen molar-refractivity contribution in [1.29, 1.82) is 0 Å². The molecular formula is C18H21N5O2. The number of benzene rings is 1. The quantitative estimate of drug-likeness (QED) is 0.896. The molecule has 0 spiro atoms. The van der Waals surface area contributed by atoms with E-state index in [1.165, 1.54) is 0 Å². The second-order valence-corrected chi connectivity index (χ2v) is 6.53. The predicted molar refractivity (Wildman–Crippen MR) is 93.5 cm³/mol. The molecule has 2 aromatic rings. The number of aromatic nitrogens is 2. The average molecular weight is 339 g/mol. The van der Waals surface area contributed by atoms with Gasteiger partial charge in [0.05, 0.1) is 11.4 Å². The van der Waals surface area contributed by atoms with Gasteiger partial charge in [-0.2, -0.15) is 5.10 Å². The van der Waals surface area contributed by atoms with Crippen molar-refractivity contribution in [3.8, 4) is 5.69 Å². The molecule has 1 aliphatic carbocycles. The molecule has 1 aromatic heterocycles. The number of urea groups is 1. The first-order chi connectivity index (χ1) is 12.2. The first kappa shape index (κ1) is 15.7. The van der Waals surface area contributed by atoms with Crippen LogP contribution in [0.1, 0.15) is 25.7 Å². The summed E-state index contributed by atoms with van der Waals surface area (Å²) in [5.41, 5.74) is 1.46. The fraction of sp³-hybridized carbons (Fsp3) is 0.389. The lowest BCUT2D eigenvalue weighted by molar-refractivity contribution is -0.124. The van der Waals surface area contributed by atoms with Gasteiger partial charge in [-0.05, 0) is 43.9 Å². The Balaban J connectivity index is 1.49. The van der Waals surface area contributed by atoms with Crippen molar-refractivity contribution in [3.05, 3.63) is 42.7 Å². The second kappa shape index (κ2) is 6.58. The third kappa shape index (κ3) is 3.35. The van der Waals surface area contributed by atoms with Gasteiger partial charge in [0.1, 0.15) is 6.04 Å². The zero-order valence-electron chi connectivity index (χ0n) is 13.9. The van der Waals surface area contributed by atoms with E-state index in [0.29, 0.717) is 24.7 Å². The number of carbonyl (C=O) groups excluding carboxylic acids is 2. The number of hydrogen-bond donors (Lipinski definition) is 2. The van der Waals surface area contributed by atoms with Gasteiger partial charge in [0, 0.05) is 25.0 Å². The Bertz CT molecular complexity index is 770. The van der Waals surface area contributed by atoms with E-state index in [4.69, 9.17) is 0 Å². The van der Waals surface area contributed by atoms with E-state index >= 15 is 0 Å². The third-order valence-corrected chi connectivity index (χ3v) is 4.64. The zero-order valence-corrected chi connectivity index (χ0v) is 13.9. The molecule has 7 heteroatoms. The van der Waals surface area contributed by atoms with Crippen LogP contribution in [0.5, 0.6) is 0 Å². The molecule has 0 radical (unpaired) electrons. The van der Waals surface area contributed by atoms with E-state index in [9.17, 15) is 9.59 Å². The van der Waals surface area contributed by atoms with Crippen LogP contribution in [0.2, 0.25) is 0 Å². The first-order valence-electron chi connectivity index (χ1n) is 8.69. The molecular weight excluding hydrogens is 318 g/mol. The number of likely N-dealkylation sites (tertiary alicyclic amines) is 1. The molecule has 4 rings (SSSR count). The van der Waals surface area contributed by atoms with Crippen LogP contribution in [0.4, 0.5) is 10.5 Å². The third-order valence-electron chi connectivity index (χ3n) is 4.64. The lowest BCUT2D eigenvalue weighted by Crippen LogP contribution is -2.48. The molecule has 2 aliphatic rings. The maximum atomic E-state index is 12.8. The Kier molecular flexibility index (Phi) is 4.13. The van der Waals surface area contributed by atoms with Crippen molar-refractivity contribution < 1.29 is 9.59 Å². The maximum Gasteiger partial charge on any atom is 0.322 e. The second-order valence-electron chi connectivity index (χ2n) is 6.53. The molecule has 2 heterocycles. The molecule has 1 aromatic carbocycles. The highest BCUT2D eigenvalue weighted by molar-refractivity contribution is 5.95. The van der Waals surface area contributed by atoms with Gasteiger partial charge in [-0.1, -0.05) is 12.1 Å². The Morgan fingerprint density at radius 2 is 1.96 bits per heavy atom. The van der Waals surface area contributed by atoms with Crippen molar-refractivity contribution in [2.75, 3.05) is 11.9 Å². The standard InChI is InChI=1S/C18H21N5O2/c24-17(20-13-8-9-13)16-7-3-11-22(16)18(25)21-14-5-1-2-6-15(14)23-12-4-10-19-23/h1-2,4-6,10,12-13,16H,3,7-9,11H2,(H,20,24)(H,21,25)/t16-/m0/s1. The summed E-state index contributed by atoms with van der Waals surface area (Å²) in [6, 6.07) is 9.01. The highest BCUT2D eigenvalue weighted by atomic mass is 16.2. The van der Waals surface area contributed by atoms with Crippen molar-refractivity contribution in [1.82, 2.24) is 20.0 Å². The number of hydrogen-bond acceptors (Lipinski definition) is 3. The van der Waals surface area contributed by atoms with E-state index in [-0.39, 0.29) is 18.0 Å². The van der Waals surface area contributed by atoms with Gasteiger partial charge in [-0.15, -0.1) is 0 Å². The maximum absolute atomic E-state index is 12.8. The topological polar surface area (TPSA) is 79.3 Å². The van der Waals surface area contributed by atoms with Crippen LogP contribution >= 0.6 is 0 Å². The molecule has 1 saturated heterocycles. The Morgan fingerprint density at radius 1 is 1.12 bits per heavy atom. The summed E-state index contributed by atoms with van der Waals surface area (Å²) in [6.07, 6.45) is 7.16. The van der Waals surface area contributed by atoms with Gasteiger partial charge in [-0.3, -0.25) is 4.79 Å². The van der Waals surface area contributed by atoms with Crippen molar-refractivity contribution >= 4 is 17.6 Å². The SMILES string of the molecule is O=C(NC1CC1)[C@@H]1CCCN1C(=O)Nc1ccccc1-n1cccn1. The van der Waals surface area contributed by atoms with Crippen LogP contribution in [-0.4, -0.2) is 45.2 Å². The summed E-state index contributed by atoms with van der Waals surface area (Å²) in [5, 5.41) is 10.2. The lowest BCUT2D eigenvalue weighted by Gasteiger charge is -2.24. The van der Waals surface area contributed by atoms with Crippen molar-refractivity contribution in [3.63, 3.8) is 0 Å². The fourth-order valence-corrected chi connectivity index (χ4v) is 3.18. The van der Waals surface area contributed by atoms with Crippen LogP contribution < -0.4 is 10.6 Å². The van der Waals surface area contributed by atoms with Gasteiger partial charge < -0.3 is 15.5 Å². The summed E-state index contributed by atoms with van der Waals surface area (Å²) in [4.78, 5) is 26.8. The van der Waals surface area contributed by atoms with Crippen molar-refractivity contribution in [2.24, 2.45) is 0 Å². The molecule has 7 nitrogen and oxygen atoms in total. The minimum atomic E-state index is -0.377. The van der Waals surface area contributed by atoms with E-state index in [1.807, 2.05) is 36.5 Å². The Morgan fingerprint density at radius 3 is 2.72 bits per heavy atom. The zero-order chi connectivity index (χ0) is 17.2. The number of amides is 3. The van der Waals surface area contributed by atoms with Gasteiger partial charge in [-0.25, -0.2) is 9.48 Å². The number of anilines is 1. The van der Waals surface area contributed by atoms with E-state index < -0.39 is 0 Å². The van der Waals surface area contributed by atoms with Crippen LogP contribution in [-0.2, 0) is 4.79 Å². The molecule has 1 atom stereocenters. The van der Waals surface area contributed by atoms with E-state index in [1.54, 1.807) is 15.8 Å². The average Bonchev–Trinajstić information content (AvgIpc) is 3.10. The highest BCUT2D eigenvalue weighted by Gasteiger charge is 2.36. The summed E-state index contributed by atoms with van der Waals surface area (Å²) in [6.45, 7) is 0.596. The minimum Gasteiger partial charge on any atom is -0.352 e. The Labute approximate surface area is 146 Å². The largest absolute Gasteiger partial charge is 0.352 e. The van der Waals surface area contributed by atoms with Crippen LogP contribution in [0.15, 0.2) is 42.7 Å². The molecule has 1 aliphatic heterocycles. The number of rotatable bonds is 4. The molecule has 0 unspecified atom stereocenters. The normalized spacial score (nSPS) is 19.7. The monoisotopic (exact) mass is 339 g/mol. The number of nitrogens with one attached hydrogen (secondary N) is 2. The summed E-state index contributed by atoms with van der Waals surface area (Å²) in [5.74, 6) is -0.0319. The van der Waals surface area contributed by atoms with Crippen LogP contribution in [0, 0.1) is 0 Å². The minimum absolute atomic E-state index is 0.0319. The van der Waals surface area contributed by atoms with E-state index in [2.05, 4.69) is 15.7 Å². The van der Waals surface area contributed by atoms with Gasteiger partial charge in [0.15, 0.2) is 0 Å². The molecule has 2 N–H and O–H groups in total. The summed E-state index contributed by atoms with van der Waals surface area (Å²) in [7, 11) is 0. The molecule has 2 fully saturated rings. The van der Waals surface area contributed by atoms with E-state index in [0.717, 1.165) is 24.9 Å². The van der Waals surface area contributed by atoms with Crippen LogP contribution in [0.25, 0.3) is 5.69 Å². The first-order valence-corrected chi connectivity index (χ1v) is 8.69. The van der Waals surface area contributed by atoms with Crippen molar-refractivity contribution in [2.45, 2.75) is 37.8 Å².